The molecule has 4 unspecified atom stereocenters. The molecule has 0 amide bonds. The van der Waals surface area contributed by atoms with Crippen molar-refractivity contribution in [2.75, 3.05) is 21.3 Å². The normalized spacial score (nSPS) is 39.9. The molecular formula is C25H37NO6. The minimum atomic E-state index is -0.908. The first kappa shape index (κ1) is 24.5. The number of carbonyl (C=O) groups is 3. The second-order valence-electron chi connectivity index (χ2n) is 9.75. The summed E-state index contributed by atoms with van der Waals surface area (Å²) in [4.78, 5) is 39.2. The number of carbonyl (C=O) groups excluding carboxylic acids is 3. The van der Waals surface area contributed by atoms with Crippen LogP contribution in [-0.4, -0.2) is 44.9 Å². The van der Waals surface area contributed by atoms with E-state index in [9.17, 15) is 14.4 Å². The van der Waals surface area contributed by atoms with Gasteiger partial charge in [0.1, 0.15) is 11.9 Å². The highest BCUT2D eigenvalue weighted by Crippen LogP contribution is 2.78. The second kappa shape index (κ2) is 8.32. The lowest BCUT2D eigenvalue weighted by molar-refractivity contribution is -0.166. The van der Waals surface area contributed by atoms with Gasteiger partial charge in [0, 0.05) is 18.3 Å². The van der Waals surface area contributed by atoms with Gasteiger partial charge in [-0.2, -0.15) is 0 Å². The molecular weight excluding hydrogens is 410 g/mol. The number of hydrogen-bond donors (Lipinski definition) is 1. The molecule has 178 valence electrons. The highest BCUT2D eigenvalue weighted by Gasteiger charge is 2.77. The Bertz CT molecular complexity index is 891. The van der Waals surface area contributed by atoms with Crippen LogP contribution in [0.1, 0.15) is 59.8 Å². The van der Waals surface area contributed by atoms with Crippen LogP contribution in [0.2, 0.25) is 0 Å². The number of fused-ring (bicyclic) bond motifs is 1. The van der Waals surface area contributed by atoms with Crippen molar-refractivity contribution in [3.05, 3.63) is 23.2 Å². The molecule has 0 bridgehead atoms. The quantitative estimate of drug-likeness (QED) is 0.659. The van der Waals surface area contributed by atoms with Gasteiger partial charge in [-0.05, 0) is 62.1 Å². The Morgan fingerprint density at radius 3 is 2.34 bits per heavy atom. The number of ether oxygens (including phenoxy) is 3. The summed E-state index contributed by atoms with van der Waals surface area (Å²) in [6.07, 6.45) is 4.04. The highest BCUT2D eigenvalue weighted by atomic mass is 16.5. The van der Waals surface area contributed by atoms with Gasteiger partial charge >= 0.3 is 5.97 Å². The lowest BCUT2D eigenvalue weighted by Crippen LogP contribution is -2.57. The zero-order chi connectivity index (χ0) is 24.1. The van der Waals surface area contributed by atoms with Crippen molar-refractivity contribution in [3.63, 3.8) is 0 Å². The molecule has 0 saturated heterocycles. The number of esters is 1. The number of methoxy groups -OCH3 is 2. The topological polar surface area (TPSA) is 105 Å². The first-order chi connectivity index (χ1) is 15.1. The number of nitrogens with two attached hydrogens (primary N) is 1. The number of hydrogen-bond acceptors (Lipinski definition) is 7. The lowest BCUT2D eigenvalue weighted by atomic mass is 9.44. The Morgan fingerprint density at radius 1 is 1.19 bits per heavy atom. The van der Waals surface area contributed by atoms with E-state index >= 15 is 0 Å². The van der Waals surface area contributed by atoms with Gasteiger partial charge in [-0.25, -0.2) is 0 Å². The molecule has 2 N–H and O–H groups in total. The molecule has 0 heterocycles. The Morgan fingerprint density at radius 2 is 1.84 bits per heavy atom. The summed E-state index contributed by atoms with van der Waals surface area (Å²) in [6, 6.07) is 0. The van der Waals surface area contributed by atoms with Crippen LogP contribution < -0.4 is 5.73 Å². The molecule has 7 nitrogen and oxygen atoms in total. The van der Waals surface area contributed by atoms with E-state index in [0.717, 1.165) is 24.8 Å². The molecule has 0 aromatic carbocycles. The molecule has 2 spiro atoms. The van der Waals surface area contributed by atoms with Gasteiger partial charge in [0.05, 0.1) is 19.6 Å². The van der Waals surface area contributed by atoms with Crippen LogP contribution in [0.5, 0.6) is 0 Å². The molecule has 0 aromatic heterocycles. The average molecular weight is 448 g/mol. The van der Waals surface area contributed by atoms with Gasteiger partial charge in [-0.3, -0.25) is 14.4 Å². The van der Waals surface area contributed by atoms with E-state index in [1.165, 1.54) is 14.2 Å². The van der Waals surface area contributed by atoms with Gasteiger partial charge in [-0.1, -0.05) is 20.8 Å². The van der Waals surface area contributed by atoms with Crippen LogP contribution in [0.3, 0.4) is 0 Å². The van der Waals surface area contributed by atoms with E-state index in [-0.39, 0.29) is 53.4 Å². The summed E-state index contributed by atoms with van der Waals surface area (Å²) in [7, 11) is 4.59. The largest absolute Gasteiger partial charge is 0.496 e. The molecule has 0 aliphatic heterocycles. The lowest BCUT2D eigenvalue weighted by Gasteiger charge is -2.60. The fourth-order valence-electron chi connectivity index (χ4n) is 7.42. The zero-order valence-electron chi connectivity index (χ0n) is 20.4. The third kappa shape index (κ3) is 2.79. The van der Waals surface area contributed by atoms with Crippen molar-refractivity contribution in [1.29, 1.82) is 0 Å². The minimum Gasteiger partial charge on any atom is -0.496 e. The Balaban J connectivity index is 0.00000141. The molecule has 4 rings (SSSR count). The van der Waals surface area contributed by atoms with Crippen molar-refractivity contribution in [1.82, 2.24) is 0 Å². The standard InChI is InChI=1S/C24H32O6.CH5N/c1-7-18(27)30-20-13(2)10-17(26)24(20)14(3)12-23-9-8-22(23,4)21(29-6)19(28-5)15(25)11-16(23)24;1-2/h10,14,16,20H,7-9,11-12H2,1-6H3;2H2,1H3/t14?,16?,20-,22?,23+,24?;/m0./s1. The third-order valence-corrected chi connectivity index (χ3v) is 8.83. The van der Waals surface area contributed by atoms with Crippen LogP contribution in [0.25, 0.3) is 0 Å². The summed E-state index contributed by atoms with van der Waals surface area (Å²) >= 11 is 0. The summed E-state index contributed by atoms with van der Waals surface area (Å²) in [6.45, 7) is 7.83. The predicted molar refractivity (Wildman–Crippen MR) is 119 cm³/mol. The Hall–Kier alpha value is -2.15. The van der Waals surface area contributed by atoms with Crippen molar-refractivity contribution in [2.45, 2.75) is 65.9 Å². The number of allylic oxidation sites excluding steroid dienone is 3. The first-order valence-corrected chi connectivity index (χ1v) is 11.5. The van der Waals surface area contributed by atoms with Crippen LogP contribution in [0.15, 0.2) is 23.2 Å². The molecule has 7 heteroatoms. The van der Waals surface area contributed by atoms with Crippen LogP contribution in [-0.2, 0) is 28.6 Å². The van der Waals surface area contributed by atoms with Gasteiger partial charge in [0.15, 0.2) is 11.5 Å². The van der Waals surface area contributed by atoms with E-state index in [1.54, 1.807) is 20.1 Å². The smallest absolute Gasteiger partial charge is 0.306 e. The molecule has 2 saturated carbocycles. The van der Waals surface area contributed by atoms with E-state index < -0.39 is 16.9 Å². The summed E-state index contributed by atoms with van der Waals surface area (Å²) < 4.78 is 17.2. The van der Waals surface area contributed by atoms with Gasteiger partial charge in [-0.15, -0.1) is 0 Å². The van der Waals surface area contributed by atoms with Gasteiger partial charge in [0.25, 0.3) is 0 Å². The van der Waals surface area contributed by atoms with E-state index in [4.69, 9.17) is 14.2 Å². The molecule has 4 aliphatic carbocycles. The average Bonchev–Trinajstić information content (AvgIpc) is 3.17. The first-order valence-electron chi connectivity index (χ1n) is 11.5. The maximum absolute atomic E-state index is 13.6. The predicted octanol–water partition coefficient (Wildman–Crippen LogP) is 3.32. The second-order valence-corrected chi connectivity index (χ2v) is 9.75. The maximum atomic E-state index is 13.6. The zero-order valence-corrected chi connectivity index (χ0v) is 20.4. The minimum absolute atomic E-state index is 0.00911. The number of rotatable bonds is 4. The maximum Gasteiger partial charge on any atom is 0.306 e. The molecule has 2 fully saturated rings. The molecule has 0 radical (unpaired) electrons. The van der Waals surface area contributed by atoms with E-state index in [2.05, 4.69) is 19.6 Å². The van der Waals surface area contributed by atoms with E-state index in [1.807, 2.05) is 6.92 Å². The Kier molecular flexibility index (Phi) is 6.37. The van der Waals surface area contributed by atoms with Crippen LogP contribution in [0, 0.1) is 28.1 Å². The van der Waals surface area contributed by atoms with Gasteiger partial charge < -0.3 is 19.9 Å². The summed E-state index contributed by atoms with van der Waals surface area (Å²) in [5.74, 6) is 0.150. The highest BCUT2D eigenvalue weighted by molar-refractivity contribution is 6.02. The van der Waals surface area contributed by atoms with E-state index in [0.29, 0.717) is 5.76 Å². The van der Waals surface area contributed by atoms with Crippen molar-refractivity contribution >= 4 is 17.5 Å². The van der Waals surface area contributed by atoms with Crippen molar-refractivity contribution in [2.24, 2.45) is 33.8 Å². The van der Waals surface area contributed by atoms with Crippen LogP contribution in [0.4, 0.5) is 0 Å². The van der Waals surface area contributed by atoms with Crippen molar-refractivity contribution < 1.29 is 28.6 Å². The number of ketones is 2. The van der Waals surface area contributed by atoms with Crippen LogP contribution >= 0.6 is 0 Å². The van der Waals surface area contributed by atoms with Gasteiger partial charge in [0.2, 0.25) is 5.78 Å². The monoisotopic (exact) mass is 447 g/mol. The Labute approximate surface area is 190 Å². The van der Waals surface area contributed by atoms with Crippen molar-refractivity contribution in [3.8, 4) is 0 Å². The SMILES string of the molecule is CCC(=O)O[C@H]1C(C)=CC(=O)C12C(C)C[C@@]13CCC1(C)C(OC)=C(OC)C(=O)CC23.CN. The molecule has 32 heavy (non-hydrogen) atoms. The number of Topliss-reactive ketones (excluding diaryl/α,β-unsaturated/α-hetero) is 1. The fourth-order valence-corrected chi connectivity index (χ4v) is 7.42. The molecule has 0 aromatic rings. The third-order valence-electron chi connectivity index (χ3n) is 8.83. The molecule has 4 aliphatic rings. The summed E-state index contributed by atoms with van der Waals surface area (Å²) in [5, 5.41) is 0. The molecule has 6 atom stereocenters. The fraction of sp³-hybridized carbons (Fsp3) is 0.720. The summed E-state index contributed by atoms with van der Waals surface area (Å²) in [5.41, 5.74) is 3.71.